The third-order valence-corrected chi connectivity index (χ3v) is 9.33. The van der Waals surface area contributed by atoms with E-state index in [1.54, 1.807) is 53.1 Å². The molecule has 4 aromatic rings. The van der Waals surface area contributed by atoms with Crippen LogP contribution in [0.15, 0.2) is 66.7 Å². The van der Waals surface area contributed by atoms with E-state index in [1.165, 1.54) is 0 Å². The predicted octanol–water partition coefficient (Wildman–Crippen LogP) is 6.66. The van der Waals surface area contributed by atoms with Gasteiger partial charge in [-0.3, -0.25) is 29.8 Å². The molecule has 0 aliphatic carbocycles. The number of nitro groups is 2. The third-order valence-electron chi connectivity index (χ3n) is 8.77. The van der Waals surface area contributed by atoms with Crippen LogP contribution in [0.2, 0.25) is 0 Å². The van der Waals surface area contributed by atoms with Gasteiger partial charge in [0.15, 0.2) is 10.1 Å². The van der Waals surface area contributed by atoms with E-state index in [1.807, 2.05) is 0 Å². The molecule has 1 aliphatic rings. The minimum atomic E-state index is -6.09. The molecule has 2 amide bonds. The van der Waals surface area contributed by atoms with Gasteiger partial charge in [0.1, 0.15) is 0 Å². The summed E-state index contributed by atoms with van der Waals surface area (Å²) in [5.41, 5.74) is -6.44. The predicted molar refractivity (Wildman–Crippen MR) is 191 cm³/mol. The van der Waals surface area contributed by atoms with E-state index in [9.17, 15) is 52.6 Å². The van der Waals surface area contributed by atoms with Crippen LogP contribution in [0, 0.1) is 20.2 Å². The second-order valence-corrected chi connectivity index (χ2v) is 14.0. The number of fused-ring (bicyclic) bond motifs is 2. The van der Waals surface area contributed by atoms with Crippen LogP contribution in [0.3, 0.4) is 0 Å². The molecule has 1 unspecified atom stereocenters. The topological polar surface area (TPSA) is 237 Å². The Bertz CT molecular complexity index is 2210. The van der Waals surface area contributed by atoms with Crippen LogP contribution in [-0.4, -0.2) is 57.1 Å². The van der Waals surface area contributed by atoms with Gasteiger partial charge in [-0.15, -0.1) is 5.06 Å². The number of para-hydroxylation sites is 3. The number of aromatic nitrogens is 1. The highest BCUT2D eigenvalue weighted by Crippen LogP contribution is 2.38. The van der Waals surface area contributed by atoms with Crippen molar-refractivity contribution in [2.24, 2.45) is 0 Å². The molecule has 304 valence electrons. The van der Waals surface area contributed by atoms with Crippen LogP contribution in [0.1, 0.15) is 87.5 Å². The van der Waals surface area contributed by atoms with Crippen molar-refractivity contribution in [1.29, 1.82) is 0 Å². The number of esters is 1. The first kappa shape index (κ1) is 43.6. The fraction of sp³-hybridized carbons (Fsp3) is 0.361. The maximum absolute atomic E-state index is 14.0. The first-order valence-corrected chi connectivity index (χ1v) is 18.9. The number of alkyl halides is 3. The molecular weight excluding hydrogens is 785 g/mol. The number of nitrogens with zero attached hydrogens (tertiary/aromatic N) is 4. The number of unbranched alkanes of at least 4 members (excludes halogenated alkanes) is 6. The summed E-state index contributed by atoms with van der Waals surface area (Å²) in [4.78, 5) is 79.9. The Labute approximate surface area is 322 Å². The average Bonchev–Trinajstić information content (AvgIpc) is 3.46. The summed E-state index contributed by atoms with van der Waals surface area (Å²) in [6, 6.07) is 15.3. The smallest absolute Gasteiger partial charge is 0.485 e. The zero-order chi connectivity index (χ0) is 42.1. The number of ether oxygens (including phenoxy) is 1. The van der Waals surface area contributed by atoms with E-state index in [-0.39, 0.29) is 35.6 Å². The van der Waals surface area contributed by atoms with Gasteiger partial charge in [0.05, 0.1) is 26.2 Å². The van der Waals surface area contributed by atoms with E-state index in [0.29, 0.717) is 22.5 Å². The minimum Gasteiger partial charge on any atom is -0.741 e. The van der Waals surface area contributed by atoms with Gasteiger partial charge in [-0.25, -0.2) is 18.0 Å². The summed E-state index contributed by atoms with van der Waals surface area (Å²) in [5.74, 6) is -3.96. The summed E-state index contributed by atoms with van der Waals surface area (Å²) < 4.78 is 66.1. The second kappa shape index (κ2) is 18.7. The zero-order valence-electron chi connectivity index (χ0n) is 30.1. The highest BCUT2D eigenvalue weighted by Gasteiger charge is 2.41. The number of nitro benzene ring substituents is 2. The summed E-state index contributed by atoms with van der Waals surface area (Å²) in [7, 11) is -6.09. The van der Waals surface area contributed by atoms with Crippen molar-refractivity contribution in [3.63, 3.8) is 0 Å². The van der Waals surface area contributed by atoms with Gasteiger partial charge in [0.25, 0.3) is 23.6 Å². The average molecular weight is 821 g/mol. The number of hydrogen-bond donors (Lipinski definition) is 0. The Morgan fingerprint density at radius 3 is 1.72 bits per heavy atom. The van der Waals surface area contributed by atoms with Crippen LogP contribution < -0.4 is 9.30 Å². The molecule has 2 heterocycles. The number of benzene rings is 3. The number of hydrogen-bond acceptors (Lipinski definition) is 13. The third kappa shape index (κ3) is 10.4. The van der Waals surface area contributed by atoms with Gasteiger partial charge in [-0.2, -0.15) is 17.7 Å². The van der Waals surface area contributed by atoms with Crippen molar-refractivity contribution in [3.8, 4) is 5.75 Å². The maximum atomic E-state index is 14.0. The summed E-state index contributed by atoms with van der Waals surface area (Å²) in [5, 5.41) is 24.6. The van der Waals surface area contributed by atoms with Gasteiger partial charge in [-0.1, -0.05) is 69.7 Å². The SMILES string of the molecule is CCCCCCCCCC(C(=O)ON1C(=O)CCC1=O)[n+]1c2ccccc2c(C(=O)Oc2c([N+](=O)[O-])cccc2[N+](=O)[O-])c2ccccc21.O=S(=O)([O-])C(F)(F)F. The summed E-state index contributed by atoms with van der Waals surface area (Å²) >= 11 is 0. The number of carbonyl (C=O) groups is 4. The van der Waals surface area contributed by atoms with E-state index >= 15 is 0 Å². The Kier molecular flexibility index (Phi) is 14.3. The zero-order valence-corrected chi connectivity index (χ0v) is 31.0. The lowest BCUT2D eigenvalue weighted by Crippen LogP contribution is -2.48. The molecule has 0 spiro atoms. The Balaban J connectivity index is 0.000000812. The van der Waals surface area contributed by atoms with Gasteiger partial charge in [-0.05, 0) is 24.6 Å². The Morgan fingerprint density at radius 2 is 1.26 bits per heavy atom. The van der Waals surface area contributed by atoms with Crippen LogP contribution in [0.25, 0.3) is 21.8 Å². The molecule has 57 heavy (non-hydrogen) atoms. The molecule has 0 N–H and O–H groups in total. The molecule has 1 aliphatic heterocycles. The summed E-state index contributed by atoms with van der Waals surface area (Å²) in [6.45, 7) is 2.14. The number of imide groups is 1. The second-order valence-electron chi connectivity index (χ2n) is 12.6. The van der Waals surface area contributed by atoms with Crippen molar-refractivity contribution in [2.75, 3.05) is 0 Å². The molecule has 1 saturated heterocycles. The molecule has 21 heteroatoms. The highest BCUT2D eigenvalue weighted by atomic mass is 32.2. The van der Waals surface area contributed by atoms with E-state index < -0.39 is 72.4 Å². The van der Waals surface area contributed by atoms with Crippen LogP contribution in [0.4, 0.5) is 24.5 Å². The number of rotatable bonds is 15. The normalized spacial score (nSPS) is 13.6. The fourth-order valence-corrected chi connectivity index (χ4v) is 6.13. The van der Waals surface area contributed by atoms with Gasteiger partial charge in [0, 0.05) is 43.5 Å². The molecule has 3 aromatic carbocycles. The summed E-state index contributed by atoms with van der Waals surface area (Å²) in [6.07, 6.45) is 6.96. The number of hydroxylamine groups is 2. The molecule has 0 radical (unpaired) electrons. The molecule has 1 fully saturated rings. The molecule has 1 atom stereocenters. The van der Waals surface area contributed by atoms with Gasteiger partial charge < -0.3 is 14.1 Å². The minimum absolute atomic E-state index is 0.0390. The van der Waals surface area contributed by atoms with E-state index in [0.717, 1.165) is 56.7 Å². The molecule has 0 saturated carbocycles. The van der Waals surface area contributed by atoms with Gasteiger partial charge in [0.2, 0.25) is 11.0 Å². The van der Waals surface area contributed by atoms with Crippen LogP contribution in [0.5, 0.6) is 5.75 Å². The van der Waals surface area contributed by atoms with E-state index in [2.05, 4.69) is 6.92 Å². The molecule has 0 bridgehead atoms. The van der Waals surface area contributed by atoms with Crippen LogP contribution >= 0.6 is 0 Å². The Morgan fingerprint density at radius 1 is 0.807 bits per heavy atom. The van der Waals surface area contributed by atoms with Crippen molar-refractivity contribution < 1.29 is 69.3 Å². The standard InChI is InChI=1S/C35H35N4O10.CHF3O3S/c1-2-3-4-5-6-7-8-18-29(34(42)49-37-30(40)21-22-31(37)41)36-25-16-11-9-14-23(25)32(24-15-10-12-17-26(24)36)35(43)48-33-27(38(44)45)19-13-20-28(33)39(46)47;2-1(3,4)8(5,6)7/h9-17,19-20,29H,2-8,18,21-22H2,1H3;(H,5,6,7)/q+1;/p-1. The van der Waals surface area contributed by atoms with Crippen molar-refractivity contribution in [1.82, 2.24) is 5.06 Å². The monoisotopic (exact) mass is 820 g/mol. The maximum Gasteiger partial charge on any atom is 0.485 e. The van der Waals surface area contributed by atoms with Crippen molar-refractivity contribution >= 4 is 67.1 Å². The molecule has 17 nitrogen and oxygen atoms in total. The molecule has 5 rings (SSSR count). The number of carbonyl (C=O) groups excluding carboxylic acids is 4. The number of halogens is 3. The molecular formula is C36H35F3N4O13S. The molecule has 1 aromatic heterocycles. The highest BCUT2D eigenvalue weighted by molar-refractivity contribution is 7.86. The number of amides is 2. The Hall–Kier alpha value is -6.09. The van der Waals surface area contributed by atoms with Crippen molar-refractivity contribution in [2.45, 2.75) is 82.7 Å². The lowest BCUT2D eigenvalue weighted by molar-refractivity contribution is -0.662. The largest absolute Gasteiger partial charge is 0.741 e. The first-order chi connectivity index (χ1) is 26.9. The van der Waals surface area contributed by atoms with Gasteiger partial charge >= 0.3 is 28.8 Å². The quantitative estimate of drug-likeness (QED) is 0.0117. The van der Waals surface area contributed by atoms with E-state index in [4.69, 9.17) is 22.5 Å². The lowest BCUT2D eigenvalue weighted by Gasteiger charge is -2.19. The lowest BCUT2D eigenvalue weighted by atomic mass is 9.99. The van der Waals surface area contributed by atoms with Crippen LogP contribution in [-0.2, 0) is 29.3 Å². The number of pyridine rings is 1. The van der Waals surface area contributed by atoms with Crippen molar-refractivity contribution in [3.05, 3.63) is 92.5 Å². The fourth-order valence-electron chi connectivity index (χ4n) is 6.13. The first-order valence-electron chi connectivity index (χ1n) is 17.5.